The first kappa shape index (κ1) is 12.9. The summed E-state index contributed by atoms with van der Waals surface area (Å²) in [4.78, 5) is 12.0. The van der Waals surface area contributed by atoms with Crippen LogP contribution < -0.4 is 0 Å². The number of rotatable bonds is 5. The Morgan fingerprint density at radius 3 is 2.70 bits per heavy atom. The summed E-state index contributed by atoms with van der Waals surface area (Å²) in [6.45, 7) is 0.940. The third-order valence-corrected chi connectivity index (χ3v) is 6.08. The van der Waals surface area contributed by atoms with Gasteiger partial charge >= 0.3 is 5.97 Å². The Labute approximate surface area is 120 Å². The Balaban J connectivity index is 1.16. The summed E-state index contributed by atoms with van der Waals surface area (Å²) in [7, 11) is 0. The number of hydrogen-bond acceptors (Lipinski definition) is 3. The van der Waals surface area contributed by atoms with Crippen molar-refractivity contribution in [3.8, 4) is 0 Å². The zero-order chi connectivity index (χ0) is 13.5. The smallest absolute Gasteiger partial charge is 0.311 e. The minimum atomic E-state index is -0.0465. The maximum atomic E-state index is 12.0. The monoisotopic (exact) mass is 276 g/mol. The van der Waals surface area contributed by atoms with E-state index in [1.807, 2.05) is 0 Å². The Morgan fingerprint density at radius 2 is 2.05 bits per heavy atom. The first-order chi connectivity index (χ1) is 9.79. The fourth-order valence-corrected chi connectivity index (χ4v) is 5.04. The molecule has 3 heteroatoms. The quantitative estimate of drug-likeness (QED) is 0.335. The molecular weight excluding hydrogens is 252 g/mol. The van der Waals surface area contributed by atoms with Crippen molar-refractivity contribution < 1.29 is 14.3 Å². The van der Waals surface area contributed by atoms with E-state index in [-0.39, 0.29) is 18.7 Å². The standard InChI is InChI=1S/C17H24O3/c18-17(16-8-12-2-4-14(16)6-12)20-10-19-9-15-7-11-1-3-13(15)5-11/h2,4,11-16H,1,3,5-10H2. The molecule has 3 fully saturated rings. The molecule has 110 valence electrons. The van der Waals surface area contributed by atoms with E-state index in [2.05, 4.69) is 12.2 Å². The summed E-state index contributed by atoms with van der Waals surface area (Å²) >= 11 is 0. The SMILES string of the molecule is O=C(OCOCC1CC2CCC1C2)C1CC2C=CC1C2. The molecule has 3 saturated carbocycles. The van der Waals surface area contributed by atoms with Crippen LogP contribution >= 0.6 is 0 Å². The van der Waals surface area contributed by atoms with Gasteiger partial charge in [0.25, 0.3) is 0 Å². The fourth-order valence-electron chi connectivity index (χ4n) is 5.04. The largest absolute Gasteiger partial charge is 0.438 e. The number of allylic oxidation sites excluding steroid dienone is 2. The van der Waals surface area contributed by atoms with Crippen LogP contribution in [-0.2, 0) is 14.3 Å². The first-order valence-electron chi connectivity index (χ1n) is 8.22. The van der Waals surface area contributed by atoms with Gasteiger partial charge in [-0.05, 0) is 61.7 Å². The van der Waals surface area contributed by atoms with Gasteiger partial charge in [-0.3, -0.25) is 4.79 Å². The fraction of sp³-hybridized carbons (Fsp3) is 0.824. The van der Waals surface area contributed by atoms with Crippen molar-refractivity contribution in [1.29, 1.82) is 0 Å². The number of fused-ring (bicyclic) bond motifs is 4. The van der Waals surface area contributed by atoms with Gasteiger partial charge in [0, 0.05) is 0 Å². The molecule has 0 saturated heterocycles. The van der Waals surface area contributed by atoms with Crippen LogP contribution in [-0.4, -0.2) is 19.4 Å². The van der Waals surface area contributed by atoms with Gasteiger partial charge in [0.15, 0.2) is 6.79 Å². The third kappa shape index (κ3) is 2.30. The van der Waals surface area contributed by atoms with Gasteiger partial charge in [0.2, 0.25) is 0 Å². The van der Waals surface area contributed by atoms with E-state index < -0.39 is 0 Å². The molecule has 4 rings (SSSR count). The zero-order valence-corrected chi connectivity index (χ0v) is 12.0. The van der Waals surface area contributed by atoms with Crippen LogP contribution in [0.1, 0.15) is 38.5 Å². The number of carbonyl (C=O) groups is 1. The average molecular weight is 276 g/mol. The molecule has 4 bridgehead atoms. The van der Waals surface area contributed by atoms with Crippen molar-refractivity contribution >= 4 is 5.97 Å². The molecule has 0 amide bonds. The summed E-state index contributed by atoms with van der Waals surface area (Å²) in [5.74, 6) is 3.65. The maximum absolute atomic E-state index is 12.0. The van der Waals surface area contributed by atoms with Gasteiger partial charge in [0.05, 0.1) is 12.5 Å². The lowest BCUT2D eigenvalue weighted by atomic mass is 9.90. The number of hydrogen-bond donors (Lipinski definition) is 0. The molecule has 20 heavy (non-hydrogen) atoms. The Morgan fingerprint density at radius 1 is 1.10 bits per heavy atom. The Bertz CT molecular complexity index is 416. The van der Waals surface area contributed by atoms with Crippen molar-refractivity contribution in [2.75, 3.05) is 13.4 Å². The summed E-state index contributed by atoms with van der Waals surface area (Å²) in [6, 6.07) is 0. The van der Waals surface area contributed by atoms with Gasteiger partial charge in [-0.25, -0.2) is 0 Å². The molecular formula is C17H24O3. The Hall–Kier alpha value is -0.830. The van der Waals surface area contributed by atoms with Gasteiger partial charge in [0.1, 0.15) is 0 Å². The highest BCUT2D eigenvalue weighted by Gasteiger charge is 2.41. The number of carbonyl (C=O) groups excluding carboxylic acids is 1. The number of ether oxygens (including phenoxy) is 2. The molecule has 0 aromatic carbocycles. The van der Waals surface area contributed by atoms with Gasteiger partial charge in [-0.2, -0.15) is 0 Å². The van der Waals surface area contributed by atoms with Crippen LogP contribution in [0.15, 0.2) is 12.2 Å². The van der Waals surface area contributed by atoms with E-state index >= 15 is 0 Å². The van der Waals surface area contributed by atoms with Crippen LogP contribution in [0.3, 0.4) is 0 Å². The van der Waals surface area contributed by atoms with Crippen molar-refractivity contribution in [1.82, 2.24) is 0 Å². The van der Waals surface area contributed by atoms with E-state index in [1.165, 1.54) is 25.7 Å². The molecule has 0 aliphatic heterocycles. The first-order valence-corrected chi connectivity index (χ1v) is 8.22. The molecule has 6 unspecified atom stereocenters. The molecule has 0 N–H and O–H groups in total. The van der Waals surface area contributed by atoms with E-state index in [1.54, 1.807) is 0 Å². The molecule has 3 nitrogen and oxygen atoms in total. The lowest BCUT2D eigenvalue weighted by Gasteiger charge is -2.21. The molecule has 0 spiro atoms. The molecule has 6 atom stereocenters. The minimum absolute atomic E-state index is 0.0465. The van der Waals surface area contributed by atoms with Crippen LogP contribution in [0.5, 0.6) is 0 Å². The van der Waals surface area contributed by atoms with Crippen LogP contribution in [0.2, 0.25) is 0 Å². The van der Waals surface area contributed by atoms with E-state index in [0.717, 1.165) is 37.2 Å². The lowest BCUT2D eigenvalue weighted by molar-refractivity contribution is -0.163. The van der Waals surface area contributed by atoms with Crippen molar-refractivity contribution in [3.05, 3.63) is 12.2 Å². The van der Waals surface area contributed by atoms with Crippen molar-refractivity contribution in [3.63, 3.8) is 0 Å². The highest BCUT2D eigenvalue weighted by atomic mass is 16.7. The van der Waals surface area contributed by atoms with Crippen LogP contribution in [0.25, 0.3) is 0 Å². The van der Waals surface area contributed by atoms with Crippen LogP contribution in [0, 0.1) is 35.5 Å². The molecule has 0 radical (unpaired) electrons. The second kappa shape index (κ2) is 5.18. The molecule has 4 aliphatic carbocycles. The lowest BCUT2D eigenvalue weighted by Crippen LogP contribution is -2.24. The van der Waals surface area contributed by atoms with E-state index in [9.17, 15) is 4.79 Å². The van der Waals surface area contributed by atoms with Crippen molar-refractivity contribution in [2.24, 2.45) is 35.5 Å². The summed E-state index contributed by atoms with van der Waals surface area (Å²) in [5, 5.41) is 0. The zero-order valence-electron chi connectivity index (χ0n) is 12.0. The van der Waals surface area contributed by atoms with E-state index in [4.69, 9.17) is 9.47 Å². The predicted octanol–water partition coefficient (Wildman–Crippen LogP) is 3.15. The van der Waals surface area contributed by atoms with Crippen molar-refractivity contribution in [2.45, 2.75) is 38.5 Å². The second-order valence-electron chi connectivity index (χ2n) is 7.27. The Kier molecular flexibility index (Phi) is 3.33. The minimum Gasteiger partial charge on any atom is -0.438 e. The molecule has 0 heterocycles. The number of esters is 1. The summed E-state index contributed by atoms with van der Waals surface area (Å²) in [5.41, 5.74) is 0. The molecule has 4 aliphatic rings. The third-order valence-electron chi connectivity index (χ3n) is 6.08. The second-order valence-corrected chi connectivity index (χ2v) is 7.27. The van der Waals surface area contributed by atoms with Gasteiger partial charge < -0.3 is 9.47 Å². The topological polar surface area (TPSA) is 35.5 Å². The molecule has 0 aromatic heterocycles. The van der Waals surface area contributed by atoms with Gasteiger partial charge in [-0.1, -0.05) is 18.6 Å². The molecule has 0 aromatic rings. The highest BCUT2D eigenvalue weighted by Crippen LogP contribution is 2.48. The highest BCUT2D eigenvalue weighted by molar-refractivity contribution is 5.74. The average Bonchev–Trinajstić information content (AvgIpc) is 3.22. The summed E-state index contributed by atoms with van der Waals surface area (Å²) < 4.78 is 10.9. The van der Waals surface area contributed by atoms with E-state index in [0.29, 0.717) is 11.8 Å². The van der Waals surface area contributed by atoms with Gasteiger partial charge in [-0.15, -0.1) is 0 Å². The predicted molar refractivity (Wildman–Crippen MR) is 74.7 cm³/mol. The summed E-state index contributed by atoms with van der Waals surface area (Å²) in [6.07, 6.45) is 12.1. The maximum Gasteiger partial charge on any atom is 0.311 e. The van der Waals surface area contributed by atoms with Crippen LogP contribution in [0.4, 0.5) is 0 Å². The normalized spacial score (nSPS) is 44.4.